The number of piperidine rings is 1. The van der Waals surface area contributed by atoms with Crippen LogP contribution in [-0.2, 0) is 4.43 Å². The third-order valence-corrected chi connectivity index (χ3v) is 13.9. The molecule has 1 fully saturated rings. The highest BCUT2D eigenvalue weighted by atomic mass is 32.2. The quantitative estimate of drug-likeness (QED) is 0.225. The zero-order valence-corrected chi connectivity index (χ0v) is 25.3. The Kier molecular flexibility index (Phi) is 8.54. The van der Waals surface area contributed by atoms with Crippen molar-refractivity contribution in [2.75, 3.05) is 26.2 Å². The molecule has 2 atom stereocenters. The lowest BCUT2D eigenvalue weighted by Gasteiger charge is -2.38. The van der Waals surface area contributed by atoms with Gasteiger partial charge in [-0.25, -0.2) is 4.52 Å². The number of nitriles is 1. The molecule has 0 aromatic carbocycles. The molecule has 3 aromatic heterocycles. The molecule has 1 saturated heterocycles. The van der Waals surface area contributed by atoms with Gasteiger partial charge in [-0.1, -0.05) is 34.6 Å². The Labute approximate surface area is 227 Å². The molecule has 0 bridgehead atoms. The van der Waals surface area contributed by atoms with Gasteiger partial charge in [0.2, 0.25) is 0 Å². The van der Waals surface area contributed by atoms with Crippen LogP contribution in [0.25, 0.3) is 16.6 Å². The summed E-state index contributed by atoms with van der Waals surface area (Å²) in [6, 6.07) is 4.86. The van der Waals surface area contributed by atoms with E-state index in [2.05, 4.69) is 80.7 Å². The van der Waals surface area contributed by atoms with E-state index in [1.807, 2.05) is 16.9 Å². The van der Waals surface area contributed by atoms with Crippen molar-refractivity contribution in [1.82, 2.24) is 24.3 Å². The molecule has 3 aromatic rings. The van der Waals surface area contributed by atoms with E-state index < -0.39 is 8.32 Å². The first-order chi connectivity index (χ1) is 17.5. The molecule has 0 N–H and O–H groups in total. The number of aromatic nitrogens is 4. The van der Waals surface area contributed by atoms with Crippen molar-refractivity contribution in [2.24, 2.45) is 0 Å². The van der Waals surface area contributed by atoms with E-state index in [0.29, 0.717) is 16.9 Å². The average Bonchev–Trinajstić information content (AvgIpc) is 3.51. The van der Waals surface area contributed by atoms with Crippen molar-refractivity contribution in [1.29, 1.82) is 5.26 Å². The topological polar surface area (TPSA) is 71.4 Å². The van der Waals surface area contributed by atoms with E-state index >= 15 is 0 Å². The lowest BCUT2D eigenvalue weighted by Crippen LogP contribution is -2.44. The van der Waals surface area contributed by atoms with Crippen LogP contribution in [0.1, 0.15) is 65.5 Å². The van der Waals surface area contributed by atoms with E-state index in [0.717, 1.165) is 60.6 Å². The molecule has 4 heterocycles. The van der Waals surface area contributed by atoms with Gasteiger partial charge in [-0.15, -0.1) is 11.8 Å². The van der Waals surface area contributed by atoms with Crippen molar-refractivity contribution < 1.29 is 4.43 Å². The Morgan fingerprint density at radius 2 is 2.00 bits per heavy atom. The lowest BCUT2D eigenvalue weighted by atomic mass is 10.1. The molecule has 37 heavy (non-hydrogen) atoms. The minimum Gasteiger partial charge on any atom is -0.416 e. The van der Waals surface area contributed by atoms with Gasteiger partial charge in [-0.3, -0.25) is 9.58 Å². The van der Waals surface area contributed by atoms with Gasteiger partial charge in [0.05, 0.1) is 29.5 Å². The molecule has 0 unspecified atom stereocenters. The van der Waals surface area contributed by atoms with E-state index in [4.69, 9.17) is 9.52 Å². The third kappa shape index (κ3) is 6.31. The number of hydrogen-bond donors (Lipinski definition) is 0. The van der Waals surface area contributed by atoms with E-state index in [9.17, 15) is 5.26 Å². The van der Waals surface area contributed by atoms with Crippen LogP contribution in [-0.4, -0.2) is 64.1 Å². The smallest absolute Gasteiger partial charge is 0.192 e. The summed E-state index contributed by atoms with van der Waals surface area (Å²) >= 11 is 1.81. The first kappa shape index (κ1) is 27.9. The normalized spacial score (nSPS) is 18.3. The molecule has 9 heteroatoms. The molecular weight excluding hydrogens is 497 g/mol. The van der Waals surface area contributed by atoms with Crippen molar-refractivity contribution in [3.63, 3.8) is 0 Å². The summed E-state index contributed by atoms with van der Waals surface area (Å²) in [4.78, 5) is 3.63. The summed E-state index contributed by atoms with van der Waals surface area (Å²) in [7, 11) is -1.71. The van der Waals surface area contributed by atoms with Gasteiger partial charge < -0.3 is 4.43 Å². The minimum absolute atomic E-state index is 0.241. The van der Waals surface area contributed by atoms with Crippen molar-refractivity contribution in [3.8, 4) is 17.2 Å². The van der Waals surface area contributed by atoms with Gasteiger partial charge in [0.15, 0.2) is 8.32 Å². The predicted molar refractivity (Wildman–Crippen MR) is 155 cm³/mol. The van der Waals surface area contributed by atoms with Crippen LogP contribution in [0.15, 0.2) is 35.7 Å². The Bertz CT molecular complexity index is 1250. The molecule has 4 rings (SSSR count). The highest BCUT2D eigenvalue weighted by Gasteiger charge is 2.37. The van der Waals surface area contributed by atoms with Gasteiger partial charge >= 0.3 is 0 Å². The number of hydrogen-bond acceptors (Lipinski definition) is 6. The first-order valence-electron chi connectivity index (χ1n) is 13.5. The van der Waals surface area contributed by atoms with Gasteiger partial charge in [0.1, 0.15) is 6.07 Å². The van der Waals surface area contributed by atoms with Crippen LogP contribution in [0, 0.1) is 11.3 Å². The maximum atomic E-state index is 9.59. The molecule has 1 aliphatic heterocycles. The van der Waals surface area contributed by atoms with E-state index in [1.165, 1.54) is 6.42 Å². The second-order valence-electron chi connectivity index (χ2n) is 11.8. The Morgan fingerprint density at radius 3 is 2.70 bits per heavy atom. The summed E-state index contributed by atoms with van der Waals surface area (Å²) in [5.74, 6) is 0. The van der Waals surface area contributed by atoms with Crippen molar-refractivity contribution in [3.05, 3.63) is 36.4 Å². The van der Waals surface area contributed by atoms with E-state index in [1.54, 1.807) is 18.0 Å². The van der Waals surface area contributed by atoms with Crippen LogP contribution in [0.4, 0.5) is 0 Å². The fourth-order valence-corrected chi connectivity index (χ4v) is 6.64. The van der Waals surface area contributed by atoms with E-state index in [-0.39, 0.29) is 5.04 Å². The highest BCUT2D eigenvalue weighted by molar-refractivity contribution is 8.00. The maximum Gasteiger partial charge on any atom is 0.192 e. The largest absolute Gasteiger partial charge is 0.416 e. The second kappa shape index (κ2) is 11.3. The fourth-order valence-electron chi connectivity index (χ4n) is 4.50. The summed E-state index contributed by atoms with van der Waals surface area (Å²) < 4.78 is 10.4. The highest BCUT2D eigenvalue weighted by Crippen LogP contribution is 2.37. The van der Waals surface area contributed by atoms with Gasteiger partial charge in [-0.2, -0.15) is 15.5 Å². The summed E-state index contributed by atoms with van der Waals surface area (Å²) in [6.07, 6.45) is 11.2. The van der Waals surface area contributed by atoms with Crippen molar-refractivity contribution in [2.45, 2.75) is 88.2 Å². The lowest BCUT2D eigenvalue weighted by molar-refractivity contribution is 0.140. The summed E-state index contributed by atoms with van der Waals surface area (Å²) in [5.41, 5.74) is 3.67. The molecule has 200 valence electrons. The minimum atomic E-state index is -1.71. The van der Waals surface area contributed by atoms with Crippen LogP contribution >= 0.6 is 11.8 Å². The fraction of sp³-hybridized carbons (Fsp3) is 0.607. The van der Waals surface area contributed by atoms with Crippen LogP contribution in [0.2, 0.25) is 18.1 Å². The Balaban J connectivity index is 1.48. The maximum absolute atomic E-state index is 9.59. The number of thioether (sulfide) groups is 1. The molecule has 0 amide bonds. The molecule has 0 spiro atoms. The molecule has 0 saturated carbocycles. The van der Waals surface area contributed by atoms with Crippen molar-refractivity contribution >= 4 is 25.6 Å². The third-order valence-electron chi connectivity index (χ3n) is 8.07. The Hall–Kier alpha value is -2.12. The average molecular weight is 539 g/mol. The van der Waals surface area contributed by atoms with Gasteiger partial charge in [-0.05, 0) is 50.0 Å². The SMILES string of the molecule is CC[C@@H](C)Sc1cc(-c2cnn([C@H]3CCCN(CCO[Si](C)(C)C(C)(C)C)C3)c2)cn2ncc(C#N)c12. The molecule has 7 nitrogen and oxygen atoms in total. The van der Waals surface area contributed by atoms with Gasteiger partial charge in [0, 0.05) is 53.4 Å². The number of pyridine rings is 1. The number of nitrogens with zero attached hydrogens (tertiary/aromatic N) is 6. The predicted octanol–water partition coefficient (Wildman–Crippen LogP) is 6.62. The zero-order chi connectivity index (χ0) is 26.8. The van der Waals surface area contributed by atoms with Crippen LogP contribution in [0.3, 0.4) is 0 Å². The molecule has 1 aliphatic rings. The first-order valence-corrected chi connectivity index (χ1v) is 17.3. The monoisotopic (exact) mass is 538 g/mol. The number of rotatable bonds is 9. The summed E-state index contributed by atoms with van der Waals surface area (Å²) in [5, 5.41) is 19.5. The van der Waals surface area contributed by atoms with Crippen LogP contribution < -0.4 is 0 Å². The van der Waals surface area contributed by atoms with Crippen LogP contribution in [0.5, 0.6) is 0 Å². The molecular formula is C28H42N6OSSi. The van der Waals surface area contributed by atoms with Gasteiger partial charge in [0.25, 0.3) is 0 Å². The second-order valence-corrected chi connectivity index (χ2v) is 18.1. The zero-order valence-electron chi connectivity index (χ0n) is 23.5. The molecule has 0 aliphatic carbocycles. The standard InChI is InChI=1S/C28H42N6OSSi/c1-8-21(2)36-26-14-22(18-34-27(26)23(15-29)16-31-34)24-17-30-33(19-24)25-10-9-11-32(20-25)12-13-35-37(6,7)28(3,4)5/h14,16-19,21,25H,8-13,20H2,1-7H3/t21-,25+/m1/s1. The number of fused-ring (bicyclic) bond motifs is 1. The summed E-state index contributed by atoms with van der Waals surface area (Å²) in [6.45, 7) is 19.9. The molecule has 0 radical (unpaired) electrons. The number of likely N-dealkylation sites (tertiary alicyclic amines) is 1. The Morgan fingerprint density at radius 1 is 1.22 bits per heavy atom.